The van der Waals surface area contributed by atoms with Gasteiger partial charge in [0.05, 0.1) is 17.2 Å². The number of alkyl halides is 3. The van der Waals surface area contributed by atoms with Gasteiger partial charge in [0, 0.05) is 38.2 Å². The number of amides is 2. The lowest BCUT2D eigenvalue weighted by Gasteiger charge is -2.39. The van der Waals surface area contributed by atoms with Crippen molar-refractivity contribution in [1.82, 2.24) is 9.80 Å². The number of rotatable bonds is 8. The van der Waals surface area contributed by atoms with Crippen molar-refractivity contribution in [3.8, 4) is 5.75 Å². The second-order valence-electron chi connectivity index (χ2n) is 10.6. The molecule has 1 aliphatic heterocycles. The van der Waals surface area contributed by atoms with Crippen molar-refractivity contribution in [3.63, 3.8) is 0 Å². The van der Waals surface area contributed by atoms with Crippen molar-refractivity contribution in [1.29, 1.82) is 0 Å². The fraction of sp³-hybridized carbons (Fsp3) is 0.500. The van der Waals surface area contributed by atoms with E-state index in [-0.39, 0.29) is 30.3 Å². The van der Waals surface area contributed by atoms with E-state index in [0.717, 1.165) is 36.3 Å². The number of carbonyl (C=O) groups is 2. The van der Waals surface area contributed by atoms with Gasteiger partial charge >= 0.3 is 6.18 Å². The Morgan fingerprint density at radius 3 is 2.26 bits per heavy atom. The summed E-state index contributed by atoms with van der Waals surface area (Å²) < 4.78 is 47.7. The number of likely N-dealkylation sites (tertiary alicyclic amines) is 1. The normalized spacial score (nSPS) is 19.0. The Labute approximate surface area is 225 Å². The maximum absolute atomic E-state index is 13.9. The topological polar surface area (TPSA) is 70.1 Å². The van der Waals surface area contributed by atoms with Crippen LogP contribution in [0.3, 0.4) is 0 Å². The van der Waals surface area contributed by atoms with Crippen LogP contribution in [0.1, 0.15) is 48.0 Å². The number of hydrogen-bond acceptors (Lipinski definition) is 4. The zero-order chi connectivity index (χ0) is 27.7. The molecule has 4 rings (SSSR count). The van der Waals surface area contributed by atoms with Crippen LogP contribution >= 0.6 is 11.6 Å². The van der Waals surface area contributed by atoms with Crippen LogP contribution in [0.15, 0.2) is 48.5 Å². The Morgan fingerprint density at radius 2 is 1.74 bits per heavy atom. The maximum Gasteiger partial charge on any atom is 0.430 e. The van der Waals surface area contributed by atoms with E-state index in [1.54, 1.807) is 32.3 Å². The zero-order valence-electron chi connectivity index (χ0n) is 21.4. The molecule has 1 N–H and O–H groups in total. The van der Waals surface area contributed by atoms with Crippen molar-refractivity contribution >= 4 is 23.4 Å². The van der Waals surface area contributed by atoms with Crippen LogP contribution in [0.25, 0.3) is 0 Å². The smallest absolute Gasteiger partial charge is 0.430 e. The van der Waals surface area contributed by atoms with E-state index in [2.05, 4.69) is 0 Å². The predicted molar refractivity (Wildman–Crippen MR) is 137 cm³/mol. The number of halogens is 4. The molecule has 0 aromatic heterocycles. The fourth-order valence-corrected chi connectivity index (χ4v) is 5.34. The van der Waals surface area contributed by atoms with Crippen LogP contribution < -0.4 is 4.74 Å². The molecule has 0 radical (unpaired) electrons. The third-order valence-electron chi connectivity index (χ3n) is 7.61. The van der Waals surface area contributed by atoms with E-state index in [9.17, 15) is 27.9 Å². The second kappa shape index (κ2) is 10.8. The molecule has 2 aromatic rings. The van der Waals surface area contributed by atoms with Crippen molar-refractivity contribution in [2.75, 3.05) is 33.8 Å². The first-order chi connectivity index (χ1) is 17.9. The Bertz CT molecular complexity index is 1160. The molecule has 0 unspecified atom stereocenters. The SMILES string of the molecule is CN(C)C(=O)c1ccc(OCC2(CC3CCN(C(=O)[C@@](O)(c4ccccc4)C(F)(F)F)CC3)CC2)cc1Cl. The molecule has 1 saturated carbocycles. The summed E-state index contributed by atoms with van der Waals surface area (Å²) in [4.78, 5) is 27.7. The minimum Gasteiger partial charge on any atom is -0.493 e. The van der Waals surface area contributed by atoms with Crippen LogP contribution in [0.4, 0.5) is 13.2 Å². The molecule has 206 valence electrons. The highest BCUT2D eigenvalue weighted by Crippen LogP contribution is 2.52. The van der Waals surface area contributed by atoms with Gasteiger partial charge in [0.1, 0.15) is 5.75 Å². The molecule has 2 fully saturated rings. The molecule has 2 amide bonds. The van der Waals surface area contributed by atoms with Gasteiger partial charge < -0.3 is 19.6 Å². The highest BCUT2D eigenvalue weighted by atomic mass is 35.5. The van der Waals surface area contributed by atoms with Gasteiger partial charge in [-0.15, -0.1) is 0 Å². The number of hydrogen-bond donors (Lipinski definition) is 1. The van der Waals surface area contributed by atoms with Crippen molar-refractivity contribution in [2.24, 2.45) is 11.3 Å². The molecule has 10 heteroatoms. The van der Waals surface area contributed by atoms with Gasteiger partial charge in [-0.3, -0.25) is 9.59 Å². The standard InChI is InChI=1S/C28H32ClF3N2O4/c1-33(2)24(35)22-9-8-21(16-23(22)29)38-18-26(12-13-26)17-19-10-14-34(15-11-19)25(36)27(37,28(30,31)32)20-6-4-3-5-7-20/h3-9,16,19,37H,10-15,17-18H2,1-2H3/t27-/m0/s1. The van der Waals surface area contributed by atoms with Gasteiger partial charge in [0.25, 0.3) is 17.4 Å². The first kappa shape index (κ1) is 28.2. The highest BCUT2D eigenvalue weighted by Gasteiger charge is 2.62. The largest absolute Gasteiger partial charge is 0.493 e. The molecule has 0 bridgehead atoms. The molecule has 1 aliphatic carbocycles. The molecule has 1 saturated heterocycles. The average Bonchev–Trinajstić information content (AvgIpc) is 3.66. The van der Waals surface area contributed by atoms with Gasteiger partial charge in [-0.05, 0) is 56.2 Å². The Hall–Kier alpha value is -2.78. The maximum atomic E-state index is 13.9. The van der Waals surface area contributed by atoms with Crippen LogP contribution in [-0.4, -0.2) is 66.7 Å². The quantitative estimate of drug-likeness (QED) is 0.484. The van der Waals surface area contributed by atoms with Crippen LogP contribution in [-0.2, 0) is 10.4 Å². The van der Waals surface area contributed by atoms with Crippen molar-refractivity contribution in [2.45, 2.75) is 43.9 Å². The van der Waals surface area contributed by atoms with Gasteiger partial charge in [-0.1, -0.05) is 41.9 Å². The van der Waals surface area contributed by atoms with Gasteiger partial charge in [-0.25, -0.2) is 0 Å². The van der Waals surface area contributed by atoms with E-state index in [1.807, 2.05) is 0 Å². The minimum atomic E-state index is -5.14. The van der Waals surface area contributed by atoms with Crippen LogP contribution in [0.2, 0.25) is 5.02 Å². The van der Waals surface area contributed by atoms with E-state index >= 15 is 0 Å². The lowest BCUT2D eigenvalue weighted by atomic mass is 9.84. The fourth-order valence-electron chi connectivity index (χ4n) is 5.09. The summed E-state index contributed by atoms with van der Waals surface area (Å²) in [6.45, 7) is 0.788. The number of nitrogens with zero attached hydrogens (tertiary/aromatic N) is 2. The Kier molecular flexibility index (Phi) is 8.00. The Balaban J connectivity index is 1.33. The molecule has 1 heterocycles. The lowest BCUT2D eigenvalue weighted by molar-refractivity contribution is -0.262. The zero-order valence-corrected chi connectivity index (χ0v) is 22.2. The van der Waals surface area contributed by atoms with E-state index in [1.165, 1.54) is 23.1 Å². The molecule has 2 aliphatic rings. The molecular weight excluding hydrogens is 521 g/mol. The van der Waals surface area contributed by atoms with Crippen molar-refractivity contribution < 1.29 is 32.6 Å². The summed E-state index contributed by atoms with van der Waals surface area (Å²) in [5.74, 6) is -0.705. The number of ether oxygens (including phenoxy) is 1. The molecule has 38 heavy (non-hydrogen) atoms. The van der Waals surface area contributed by atoms with Crippen molar-refractivity contribution in [3.05, 3.63) is 64.7 Å². The number of benzene rings is 2. The van der Waals surface area contributed by atoms with Gasteiger partial charge in [-0.2, -0.15) is 13.2 Å². The lowest BCUT2D eigenvalue weighted by Crippen LogP contribution is -2.57. The molecule has 1 atom stereocenters. The summed E-state index contributed by atoms with van der Waals surface area (Å²) in [5.41, 5.74) is -3.66. The summed E-state index contributed by atoms with van der Waals surface area (Å²) in [6.07, 6.45) is -1.20. The third-order valence-corrected chi connectivity index (χ3v) is 7.93. The summed E-state index contributed by atoms with van der Waals surface area (Å²) >= 11 is 6.28. The third kappa shape index (κ3) is 5.78. The molecule has 0 spiro atoms. The average molecular weight is 553 g/mol. The van der Waals surface area contributed by atoms with E-state index < -0.39 is 23.2 Å². The van der Waals surface area contributed by atoms with Crippen LogP contribution in [0.5, 0.6) is 5.75 Å². The first-order valence-corrected chi connectivity index (χ1v) is 13.0. The molecule has 2 aromatic carbocycles. The molecular formula is C28H32ClF3N2O4. The summed E-state index contributed by atoms with van der Waals surface area (Å²) in [7, 11) is 3.31. The minimum absolute atomic E-state index is 0.0157. The highest BCUT2D eigenvalue weighted by molar-refractivity contribution is 6.34. The number of piperidine rings is 1. The summed E-state index contributed by atoms with van der Waals surface area (Å²) in [6, 6.07) is 11.5. The Morgan fingerprint density at radius 1 is 1.11 bits per heavy atom. The van der Waals surface area contributed by atoms with Crippen LogP contribution in [0, 0.1) is 11.3 Å². The number of carbonyl (C=O) groups excluding carboxylic acids is 2. The second-order valence-corrected chi connectivity index (χ2v) is 11.1. The number of aliphatic hydroxyl groups is 1. The first-order valence-electron chi connectivity index (χ1n) is 12.6. The van der Waals surface area contributed by atoms with Gasteiger partial charge in [0.15, 0.2) is 0 Å². The summed E-state index contributed by atoms with van der Waals surface area (Å²) in [5, 5.41) is 10.9. The molecule has 6 nitrogen and oxygen atoms in total. The van der Waals surface area contributed by atoms with E-state index in [0.29, 0.717) is 35.8 Å². The predicted octanol–water partition coefficient (Wildman–Crippen LogP) is 5.28. The monoisotopic (exact) mass is 552 g/mol. The van der Waals surface area contributed by atoms with E-state index in [4.69, 9.17) is 16.3 Å². The van der Waals surface area contributed by atoms with Gasteiger partial charge in [0.2, 0.25) is 0 Å².